The Balaban J connectivity index is 1.83. The molecule has 0 aliphatic heterocycles. The first kappa shape index (κ1) is 15.4. The number of ether oxygens (including phenoxy) is 1. The second kappa shape index (κ2) is 8.33. The Labute approximate surface area is 130 Å². The predicted octanol–water partition coefficient (Wildman–Crippen LogP) is 3.03. The molecule has 0 radical (unpaired) electrons. The molecular formula is C19H17NO2. The minimum Gasteiger partial charge on any atom is -0.481 e. The van der Waals surface area contributed by atoms with E-state index in [1.807, 2.05) is 54.6 Å². The van der Waals surface area contributed by atoms with Crippen molar-refractivity contribution < 1.29 is 9.53 Å². The molecule has 0 aliphatic carbocycles. The van der Waals surface area contributed by atoms with Crippen LogP contribution in [0.5, 0.6) is 5.75 Å². The largest absolute Gasteiger partial charge is 0.481 e. The lowest BCUT2D eigenvalue weighted by molar-refractivity contribution is -0.116. The van der Waals surface area contributed by atoms with Crippen molar-refractivity contribution >= 4 is 12.0 Å². The molecule has 0 spiro atoms. The van der Waals surface area contributed by atoms with Crippen LogP contribution in [0, 0.1) is 12.3 Å². The Hall–Kier alpha value is -2.99. The van der Waals surface area contributed by atoms with Crippen molar-refractivity contribution in [1.82, 2.24) is 5.32 Å². The van der Waals surface area contributed by atoms with Gasteiger partial charge in [-0.05, 0) is 29.3 Å². The van der Waals surface area contributed by atoms with Crippen LogP contribution in [0.1, 0.15) is 11.1 Å². The van der Waals surface area contributed by atoms with Gasteiger partial charge < -0.3 is 10.1 Å². The molecule has 0 heterocycles. The zero-order chi connectivity index (χ0) is 15.6. The zero-order valence-corrected chi connectivity index (χ0v) is 12.2. The Morgan fingerprint density at radius 1 is 1.14 bits per heavy atom. The third-order valence-corrected chi connectivity index (χ3v) is 2.94. The molecule has 2 aromatic carbocycles. The maximum Gasteiger partial charge on any atom is 0.244 e. The molecular weight excluding hydrogens is 274 g/mol. The Morgan fingerprint density at radius 3 is 2.55 bits per heavy atom. The maximum atomic E-state index is 11.8. The van der Waals surface area contributed by atoms with Crippen LogP contribution < -0.4 is 10.1 Å². The van der Waals surface area contributed by atoms with E-state index in [9.17, 15) is 4.79 Å². The lowest BCUT2D eigenvalue weighted by atomic mass is 10.2. The summed E-state index contributed by atoms with van der Waals surface area (Å²) < 4.78 is 5.28. The van der Waals surface area contributed by atoms with Gasteiger partial charge in [0.2, 0.25) is 5.91 Å². The van der Waals surface area contributed by atoms with Gasteiger partial charge in [-0.15, -0.1) is 6.42 Å². The molecule has 0 aromatic heterocycles. The fourth-order valence-corrected chi connectivity index (χ4v) is 1.82. The summed E-state index contributed by atoms with van der Waals surface area (Å²) in [5.41, 5.74) is 1.99. The number of rotatable bonds is 6. The van der Waals surface area contributed by atoms with E-state index < -0.39 is 0 Å². The number of nitrogens with one attached hydrogen (secondary N) is 1. The van der Waals surface area contributed by atoms with Gasteiger partial charge in [-0.2, -0.15) is 0 Å². The minimum atomic E-state index is -0.128. The van der Waals surface area contributed by atoms with Crippen molar-refractivity contribution in [3.8, 4) is 18.1 Å². The standard InChI is InChI=1S/C19H17NO2/c1-2-14-22-18-11-8-16(9-12-18)10-13-19(21)20-15-17-6-4-3-5-7-17/h1,3-13H,14-15H2,(H,20,21). The first-order valence-corrected chi connectivity index (χ1v) is 6.94. The number of terminal acetylenes is 1. The van der Waals surface area contributed by atoms with Crippen LogP contribution in [0.2, 0.25) is 0 Å². The Kier molecular flexibility index (Phi) is 5.83. The highest BCUT2D eigenvalue weighted by Crippen LogP contribution is 2.12. The normalized spacial score (nSPS) is 10.1. The van der Waals surface area contributed by atoms with Crippen molar-refractivity contribution in [2.24, 2.45) is 0 Å². The van der Waals surface area contributed by atoms with Gasteiger partial charge in [0.05, 0.1) is 0 Å². The summed E-state index contributed by atoms with van der Waals surface area (Å²) in [6.45, 7) is 0.764. The fourth-order valence-electron chi connectivity index (χ4n) is 1.82. The zero-order valence-electron chi connectivity index (χ0n) is 12.2. The smallest absolute Gasteiger partial charge is 0.244 e. The van der Waals surface area contributed by atoms with E-state index in [0.29, 0.717) is 12.3 Å². The van der Waals surface area contributed by atoms with E-state index in [-0.39, 0.29) is 12.5 Å². The van der Waals surface area contributed by atoms with Gasteiger partial charge in [0.1, 0.15) is 12.4 Å². The van der Waals surface area contributed by atoms with Crippen molar-refractivity contribution in [3.63, 3.8) is 0 Å². The second-order valence-corrected chi connectivity index (χ2v) is 4.60. The molecule has 0 bridgehead atoms. The van der Waals surface area contributed by atoms with Crippen LogP contribution in [0.25, 0.3) is 6.08 Å². The average molecular weight is 291 g/mol. The molecule has 0 saturated heterocycles. The first-order valence-electron chi connectivity index (χ1n) is 6.94. The molecule has 0 atom stereocenters. The highest BCUT2D eigenvalue weighted by atomic mass is 16.5. The van der Waals surface area contributed by atoms with E-state index in [2.05, 4.69) is 11.2 Å². The van der Waals surface area contributed by atoms with Crippen LogP contribution >= 0.6 is 0 Å². The van der Waals surface area contributed by atoms with E-state index >= 15 is 0 Å². The molecule has 2 aromatic rings. The third kappa shape index (κ3) is 5.18. The molecule has 0 saturated carbocycles. The quantitative estimate of drug-likeness (QED) is 0.656. The van der Waals surface area contributed by atoms with Gasteiger partial charge in [-0.25, -0.2) is 0 Å². The number of amides is 1. The minimum absolute atomic E-state index is 0.128. The van der Waals surface area contributed by atoms with Gasteiger partial charge in [-0.3, -0.25) is 4.79 Å². The molecule has 22 heavy (non-hydrogen) atoms. The van der Waals surface area contributed by atoms with Crippen LogP contribution in [0.3, 0.4) is 0 Å². The van der Waals surface area contributed by atoms with Crippen LogP contribution in [-0.2, 0) is 11.3 Å². The highest BCUT2D eigenvalue weighted by Gasteiger charge is 1.97. The summed E-state index contributed by atoms with van der Waals surface area (Å²) in [6.07, 6.45) is 8.40. The van der Waals surface area contributed by atoms with Gasteiger partial charge in [-0.1, -0.05) is 48.4 Å². The van der Waals surface area contributed by atoms with Crippen molar-refractivity contribution in [3.05, 3.63) is 71.8 Å². The maximum absolute atomic E-state index is 11.8. The van der Waals surface area contributed by atoms with Gasteiger partial charge in [0.15, 0.2) is 0 Å². The number of hydrogen-bond donors (Lipinski definition) is 1. The van der Waals surface area contributed by atoms with Gasteiger partial charge in [0, 0.05) is 12.6 Å². The molecule has 1 amide bonds. The lowest BCUT2D eigenvalue weighted by Crippen LogP contribution is -2.20. The summed E-state index contributed by atoms with van der Waals surface area (Å²) in [6, 6.07) is 17.2. The number of benzene rings is 2. The van der Waals surface area contributed by atoms with E-state index in [1.165, 1.54) is 6.08 Å². The Morgan fingerprint density at radius 2 is 1.86 bits per heavy atom. The van der Waals surface area contributed by atoms with E-state index in [1.54, 1.807) is 6.08 Å². The third-order valence-electron chi connectivity index (χ3n) is 2.94. The molecule has 0 aliphatic rings. The summed E-state index contributed by atoms with van der Waals surface area (Å²) >= 11 is 0. The van der Waals surface area contributed by atoms with Crippen molar-refractivity contribution in [1.29, 1.82) is 0 Å². The monoisotopic (exact) mass is 291 g/mol. The van der Waals surface area contributed by atoms with Crippen LogP contribution in [0.4, 0.5) is 0 Å². The first-order chi connectivity index (χ1) is 10.8. The number of hydrogen-bond acceptors (Lipinski definition) is 2. The van der Waals surface area contributed by atoms with Gasteiger partial charge >= 0.3 is 0 Å². The topological polar surface area (TPSA) is 38.3 Å². The molecule has 3 heteroatoms. The fraction of sp³-hybridized carbons (Fsp3) is 0.105. The molecule has 1 N–H and O–H groups in total. The lowest BCUT2D eigenvalue weighted by Gasteiger charge is -2.03. The Bertz CT molecular complexity index is 667. The van der Waals surface area contributed by atoms with Crippen molar-refractivity contribution in [2.45, 2.75) is 6.54 Å². The second-order valence-electron chi connectivity index (χ2n) is 4.60. The molecule has 110 valence electrons. The molecule has 2 rings (SSSR count). The van der Waals surface area contributed by atoms with E-state index in [0.717, 1.165) is 11.1 Å². The molecule has 0 fully saturated rings. The highest BCUT2D eigenvalue weighted by molar-refractivity contribution is 5.91. The summed E-state index contributed by atoms with van der Waals surface area (Å²) in [5, 5.41) is 2.84. The van der Waals surface area contributed by atoms with Crippen molar-refractivity contribution in [2.75, 3.05) is 6.61 Å². The molecule has 3 nitrogen and oxygen atoms in total. The number of carbonyl (C=O) groups is 1. The summed E-state index contributed by atoms with van der Waals surface area (Å²) in [7, 11) is 0. The van der Waals surface area contributed by atoms with E-state index in [4.69, 9.17) is 11.2 Å². The SMILES string of the molecule is C#CCOc1ccc(C=CC(=O)NCc2ccccc2)cc1. The molecule has 0 unspecified atom stereocenters. The summed E-state index contributed by atoms with van der Waals surface area (Å²) in [5.74, 6) is 2.99. The van der Waals surface area contributed by atoms with Gasteiger partial charge in [0.25, 0.3) is 0 Å². The van der Waals surface area contributed by atoms with Crippen LogP contribution in [-0.4, -0.2) is 12.5 Å². The van der Waals surface area contributed by atoms with Crippen LogP contribution in [0.15, 0.2) is 60.7 Å². The number of carbonyl (C=O) groups excluding carboxylic acids is 1. The summed E-state index contributed by atoms with van der Waals surface area (Å²) in [4.78, 5) is 11.8. The predicted molar refractivity (Wildman–Crippen MR) is 88.1 cm³/mol. The average Bonchev–Trinajstić information content (AvgIpc) is 2.58.